The highest BCUT2D eigenvalue weighted by molar-refractivity contribution is 9.09. The second kappa shape index (κ2) is 8.84. The molecule has 0 radical (unpaired) electrons. The van der Waals surface area contributed by atoms with Gasteiger partial charge in [0.1, 0.15) is 17.5 Å². The molecule has 7 nitrogen and oxygen atoms in total. The number of rotatable bonds is 7. The number of aliphatic hydroxyl groups is 1. The number of amides is 1. The monoisotopic (exact) mass is 415 g/mol. The number of alkyl halides is 1. The van der Waals surface area contributed by atoms with E-state index in [0.717, 1.165) is 0 Å². The van der Waals surface area contributed by atoms with Crippen LogP contribution in [0.3, 0.4) is 0 Å². The number of ether oxygens (including phenoxy) is 2. The molecule has 2 rings (SSSR count). The average molecular weight is 416 g/mol. The molecule has 1 aromatic carbocycles. The van der Waals surface area contributed by atoms with Gasteiger partial charge in [-0.25, -0.2) is 5.43 Å². The quantitative estimate of drug-likeness (QED) is 0.498. The highest BCUT2D eigenvalue weighted by Crippen LogP contribution is 2.29. The van der Waals surface area contributed by atoms with Crippen molar-refractivity contribution >= 4 is 21.8 Å². The summed E-state index contributed by atoms with van der Waals surface area (Å²) in [5.74, 6) is 1.35. The summed E-state index contributed by atoms with van der Waals surface area (Å²) in [5, 5.41) is 13.2. The second-order valence-electron chi connectivity index (χ2n) is 6.35. The van der Waals surface area contributed by atoms with Crippen molar-refractivity contribution in [1.29, 1.82) is 0 Å². The minimum absolute atomic E-state index is 0.0315. The van der Waals surface area contributed by atoms with Crippen molar-refractivity contribution < 1.29 is 19.4 Å². The van der Waals surface area contributed by atoms with Crippen molar-refractivity contribution in [2.24, 2.45) is 5.92 Å². The molecule has 1 saturated heterocycles. The third-order valence-corrected chi connectivity index (χ3v) is 5.43. The average Bonchev–Trinajstić information content (AvgIpc) is 3.00. The van der Waals surface area contributed by atoms with Crippen molar-refractivity contribution in [1.82, 2.24) is 16.2 Å². The number of halogens is 1. The Hall–Kier alpha value is -1.35. The third-order valence-electron chi connectivity index (χ3n) is 4.33. The lowest BCUT2D eigenvalue weighted by Gasteiger charge is -2.20. The molecule has 0 saturated carbocycles. The zero-order valence-electron chi connectivity index (χ0n) is 14.9. The van der Waals surface area contributed by atoms with Gasteiger partial charge in [-0.05, 0) is 24.1 Å². The van der Waals surface area contributed by atoms with Crippen LogP contribution < -0.4 is 25.6 Å². The van der Waals surface area contributed by atoms with E-state index in [-0.39, 0.29) is 23.3 Å². The van der Waals surface area contributed by atoms with Crippen molar-refractivity contribution in [3.05, 3.63) is 23.8 Å². The molecule has 0 aromatic heterocycles. The lowest BCUT2D eigenvalue weighted by molar-refractivity contribution is -0.123. The van der Waals surface area contributed by atoms with Gasteiger partial charge < -0.3 is 19.9 Å². The van der Waals surface area contributed by atoms with Gasteiger partial charge in [0.05, 0.1) is 25.2 Å². The van der Waals surface area contributed by atoms with Crippen LogP contribution in [0.2, 0.25) is 0 Å². The molecule has 1 heterocycles. The molecule has 0 bridgehead atoms. The normalized spacial score (nSPS) is 24.2. The first-order valence-corrected chi connectivity index (χ1v) is 9.13. The van der Waals surface area contributed by atoms with Crippen molar-refractivity contribution in [2.45, 2.75) is 36.9 Å². The van der Waals surface area contributed by atoms with Crippen LogP contribution in [0, 0.1) is 5.92 Å². The number of hydrazine groups is 1. The van der Waals surface area contributed by atoms with Gasteiger partial charge in [0, 0.05) is 18.2 Å². The maximum absolute atomic E-state index is 12.4. The van der Waals surface area contributed by atoms with Gasteiger partial charge in [-0.15, -0.1) is 0 Å². The topological polar surface area (TPSA) is 91.8 Å². The summed E-state index contributed by atoms with van der Waals surface area (Å²) in [7, 11) is 3.09. The fraction of sp³-hybridized carbons (Fsp3) is 0.588. The molecule has 1 fully saturated rings. The zero-order chi connectivity index (χ0) is 18.6. The summed E-state index contributed by atoms with van der Waals surface area (Å²) >= 11 is 3.58. The van der Waals surface area contributed by atoms with Crippen LogP contribution in [-0.2, 0) is 4.79 Å². The minimum atomic E-state index is -0.905. The van der Waals surface area contributed by atoms with Crippen molar-refractivity contribution in [3.8, 4) is 11.5 Å². The highest BCUT2D eigenvalue weighted by atomic mass is 79.9. The maximum Gasteiger partial charge on any atom is 0.239 e. The van der Waals surface area contributed by atoms with Crippen LogP contribution in [-0.4, -0.2) is 48.7 Å². The molecule has 8 heteroatoms. The molecule has 140 valence electrons. The predicted molar refractivity (Wildman–Crippen MR) is 98.9 cm³/mol. The predicted octanol–water partition coefficient (Wildman–Crippen LogP) is 1.12. The molecule has 4 unspecified atom stereocenters. The Balaban J connectivity index is 1.98. The minimum Gasteiger partial charge on any atom is -0.497 e. The molecule has 0 spiro atoms. The number of methoxy groups -OCH3 is 2. The van der Waals surface area contributed by atoms with E-state index in [1.807, 2.05) is 0 Å². The fourth-order valence-corrected chi connectivity index (χ4v) is 3.93. The Kier molecular flexibility index (Phi) is 7.06. The van der Waals surface area contributed by atoms with E-state index >= 15 is 0 Å². The van der Waals surface area contributed by atoms with Gasteiger partial charge in [-0.1, -0.05) is 29.8 Å². The largest absolute Gasteiger partial charge is 0.497 e. The second-order valence-corrected chi connectivity index (χ2v) is 7.41. The van der Waals surface area contributed by atoms with Crippen LogP contribution in [0.1, 0.15) is 25.5 Å². The third kappa shape index (κ3) is 4.63. The van der Waals surface area contributed by atoms with Crippen LogP contribution in [0.5, 0.6) is 11.5 Å². The van der Waals surface area contributed by atoms with Crippen LogP contribution in [0.15, 0.2) is 18.2 Å². The maximum atomic E-state index is 12.4. The Bertz CT molecular complexity index is 599. The van der Waals surface area contributed by atoms with Gasteiger partial charge in [0.25, 0.3) is 0 Å². The van der Waals surface area contributed by atoms with Gasteiger partial charge in [0.2, 0.25) is 5.91 Å². The summed E-state index contributed by atoms with van der Waals surface area (Å²) in [6, 6.07) is 4.92. The first kappa shape index (κ1) is 20.0. The zero-order valence-corrected chi connectivity index (χ0v) is 16.5. The first-order chi connectivity index (χ1) is 11.9. The molecule has 25 heavy (non-hydrogen) atoms. The number of carbonyl (C=O) groups excluding carboxylic acids is 1. The van der Waals surface area contributed by atoms with Crippen molar-refractivity contribution in [3.63, 3.8) is 0 Å². The van der Waals surface area contributed by atoms with Crippen LogP contribution in [0.25, 0.3) is 0 Å². The summed E-state index contributed by atoms with van der Waals surface area (Å²) in [4.78, 5) is 12.4. The van der Waals surface area contributed by atoms with Gasteiger partial charge in [0.15, 0.2) is 0 Å². The lowest BCUT2D eigenvalue weighted by atomic mass is 9.99. The molecular weight excluding hydrogens is 390 g/mol. The van der Waals surface area contributed by atoms with E-state index in [1.54, 1.807) is 25.3 Å². The highest BCUT2D eigenvalue weighted by Gasteiger charge is 2.39. The molecular formula is C17H26BrN3O4. The summed E-state index contributed by atoms with van der Waals surface area (Å²) in [6.45, 7) is 4.26. The summed E-state index contributed by atoms with van der Waals surface area (Å²) < 4.78 is 10.5. The van der Waals surface area contributed by atoms with E-state index in [1.165, 1.54) is 7.11 Å². The van der Waals surface area contributed by atoms with E-state index in [4.69, 9.17) is 9.47 Å². The molecule has 4 N–H and O–H groups in total. The fourth-order valence-electron chi connectivity index (χ4n) is 2.81. The van der Waals surface area contributed by atoms with Crippen molar-refractivity contribution in [2.75, 3.05) is 20.8 Å². The van der Waals surface area contributed by atoms with Gasteiger partial charge in [-0.2, -0.15) is 0 Å². The first-order valence-electron chi connectivity index (χ1n) is 8.21. The summed E-state index contributed by atoms with van der Waals surface area (Å²) in [5.41, 5.74) is 6.70. The Morgan fingerprint density at radius 3 is 2.60 bits per heavy atom. The number of carbonyl (C=O) groups is 1. The van der Waals surface area contributed by atoms with E-state index < -0.39 is 12.1 Å². The number of hydrogen-bond acceptors (Lipinski definition) is 6. The standard InChI is InChI=1S/C17H26BrN3O4/c1-9(2)15-14(18)16(21-20-15)17(23)19-8-12(22)11-7-10(24-3)5-6-13(11)25-4/h5-7,9,12,14-16,20-22H,8H2,1-4H3,(H,19,23). The van der Waals surface area contributed by atoms with Crippen LogP contribution in [0.4, 0.5) is 0 Å². The molecule has 1 aromatic rings. The van der Waals surface area contributed by atoms with Crippen LogP contribution >= 0.6 is 15.9 Å². The SMILES string of the molecule is COc1ccc(OC)c(C(O)CNC(=O)C2NNC(C(C)C)C2Br)c1. The Morgan fingerprint density at radius 2 is 2.04 bits per heavy atom. The number of benzene rings is 1. The Morgan fingerprint density at radius 1 is 1.32 bits per heavy atom. The van der Waals surface area contributed by atoms with E-state index in [2.05, 4.69) is 45.9 Å². The van der Waals surface area contributed by atoms with Gasteiger partial charge >= 0.3 is 0 Å². The van der Waals surface area contributed by atoms with E-state index in [9.17, 15) is 9.90 Å². The Labute approximate surface area is 156 Å². The number of nitrogens with one attached hydrogen (secondary N) is 3. The summed E-state index contributed by atoms with van der Waals surface area (Å²) in [6.07, 6.45) is -0.905. The molecule has 1 amide bonds. The number of hydrogen-bond donors (Lipinski definition) is 4. The number of aliphatic hydroxyl groups excluding tert-OH is 1. The molecule has 1 aliphatic heterocycles. The molecule has 1 aliphatic rings. The molecule has 0 aliphatic carbocycles. The molecule has 4 atom stereocenters. The van der Waals surface area contributed by atoms with E-state index in [0.29, 0.717) is 23.0 Å². The lowest BCUT2D eigenvalue weighted by Crippen LogP contribution is -2.47. The smallest absolute Gasteiger partial charge is 0.239 e. The van der Waals surface area contributed by atoms with Gasteiger partial charge in [-0.3, -0.25) is 10.2 Å².